The number of benzene rings is 1. The second-order valence-corrected chi connectivity index (χ2v) is 6.26. The molecule has 0 aliphatic heterocycles. The number of fused-ring (bicyclic) bond motifs is 1. The van der Waals surface area contributed by atoms with Gasteiger partial charge in [0.15, 0.2) is 0 Å². The number of carbonyl (C=O) groups excluding carboxylic acids is 1. The van der Waals surface area contributed by atoms with E-state index in [0.717, 1.165) is 28.5 Å². The van der Waals surface area contributed by atoms with Crippen LogP contribution in [0.15, 0.2) is 24.4 Å². The number of aryl methyl sites for hydroxylation is 2. The number of aromatic amines is 1. The molecule has 0 saturated carbocycles. The Morgan fingerprint density at radius 1 is 1.42 bits per heavy atom. The van der Waals surface area contributed by atoms with Crippen molar-refractivity contribution in [3.63, 3.8) is 0 Å². The van der Waals surface area contributed by atoms with E-state index in [0.29, 0.717) is 18.7 Å². The van der Waals surface area contributed by atoms with Crippen molar-refractivity contribution in [2.45, 2.75) is 19.9 Å². The summed E-state index contributed by atoms with van der Waals surface area (Å²) in [5, 5.41) is 6.18. The Morgan fingerprint density at radius 3 is 2.92 bits per heavy atom. The highest BCUT2D eigenvalue weighted by molar-refractivity contribution is 5.97. The number of anilines is 1. The third-order valence-corrected chi connectivity index (χ3v) is 4.21. The molecule has 8 nitrogen and oxygen atoms in total. The van der Waals surface area contributed by atoms with Crippen molar-refractivity contribution in [2.24, 2.45) is 7.05 Å². The van der Waals surface area contributed by atoms with Crippen LogP contribution in [0.4, 0.5) is 5.95 Å². The van der Waals surface area contributed by atoms with Gasteiger partial charge in [-0.1, -0.05) is 0 Å². The van der Waals surface area contributed by atoms with E-state index < -0.39 is 0 Å². The van der Waals surface area contributed by atoms with Crippen molar-refractivity contribution in [3.05, 3.63) is 41.5 Å². The molecule has 1 unspecified atom stereocenters. The lowest BCUT2D eigenvalue weighted by Gasteiger charge is -2.11. The summed E-state index contributed by atoms with van der Waals surface area (Å²) in [5.41, 5.74) is 3.25. The van der Waals surface area contributed by atoms with Crippen molar-refractivity contribution in [1.82, 2.24) is 24.8 Å². The fraction of sp³-hybridized carbons (Fsp3) is 0.389. The average molecular weight is 356 g/mol. The molecule has 8 heteroatoms. The molecule has 0 spiro atoms. The number of ether oxygens (including phenoxy) is 1. The van der Waals surface area contributed by atoms with E-state index in [1.54, 1.807) is 25.4 Å². The highest BCUT2D eigenvalue weighted by atomic mass is 16.5. The number of amides is 1. The number of aromatic nitrogens is 4. The first-order chi connectivity index (χ1) is 12.5. The number of imidazole rings is 2. The van der Waals surface area contributed by atoms with Gasteiger partial charge in [0.2, 0.25) is 5.95 Å². The molecule has 138 valence electrons. The Hall–Kier alpha value is -2.87. The Kier molecular flexibility index (Phi) is 5.22. The number of rotatable bonds is 7. The minimum atomic E-state index is -0.207. The molecule has 0 saturated heterocycles. The lowest BCUT2D eigenvalue weighted by Crippen LogP contribution is -2.27. The highest BCUT2D eigenvalue weighted by Gasteiger charge is 2.15. The van der Waals surface area contributed by atoms with E-state index >= 15 is 0 Å². The van der Waals surface area contributed by atoms with Crippen molar-refractivity contribution in [3.8, 4) is 0 Å². The zero-order chi connectivity index (χ0) is 18.7. The van der Waals surface area contributed by atoms with Gasteiger partial charge in [-0.25, -0.2) is 9.97 Å². The molecule has 3 rings (SSSR count). The molecule has 26 heavy (non-hydrogen) atoms. The van der Waals surface area contributed by atoms with Gasteiger partial charge in [0, 0.05) is 38.2 Å². The summed E-state index contributed by atoms with van der Waals surface area (Å²) in [4.78, 5) is 24.5. The fourth-order valence-corrected chi connectivity index (χ4v) is 2.77. The van der Waals surface area contributed by atoms with Gasteiger partial charge >= 0.3 is 0 Å². The maximum absolute atomic E-state index is 12.6. The minimum Gasteiger partial charge on any atom is -0.383 e. The van der Waals surface area contributed by atoms with Crippen LogP contribution < -0.4 is 10.6 Å². The van der Waals surface area contributed by atoms with Gasteiger partial charge in [0.05, 0.1) is 23.7 Å². The maximum atomic E-state index is 12.6. The van der Waals surface area contributed by atoms with E-state index in [-0.39, 0.29) is 11.9 Å². The van der Waals surface area contributed by atoms with Crippen LogP contribution in [0.1, 0.15) is 34.8 Å². The van der Waals surface area contributed by atoms with Crippen LogP contribution in [0, 0.1) is 6.92 Å². The van der Waals surface area contributed by atoms with E-state index in [1.807, 2.05) is 31.5 Å². The van der Waals surface area contributed by atoms with Gasteiger partial charge in [-0.05, 0) is 32.0 Å². The van der Waals surface area contributed by atoms with Crippen LogP contribution in [-0.4, -0.2) is 45.7 Å². The van der Waals surface area contributed by atoms with Crippen molar-refractivity contribution >= 4 is 22.9 Å². The molecule has 0 bridgehead atoms. The lowest BCUT2D eigenvalue weighted by atomic mass is 10.1. The molecule has 0 aliphatic rings. The van der Waals surface area contributed by atoms with Crippen molar-refractivity contribution < 1.29 is 9.53 Å². The number of H-pyrrole nitrogens is 1. The number of hydrogen-bond donors (Lipinski definition) is 3. The van der Waals surface area contributed by atoms with Crippen LogP contribution in [0.25, 0.3) is 11.0 Å². The van der Waals surface area contributed by atoms with Gasteiger partial charge in [-0.15, -0.1) is 0 Å². The highest BCUT2D eigenvalue weighted by Crippen LogP contribution is 2.20. The van der Waals surface area contributed by atoms with Crippen molar-refractivity contribution in [2.75, 3.05) is 25.6 Å². The van der Waals surface area contributed by atoms with Gasteiger partial charge in [-0.2, -0.15) is 0 Å². The van der Waals surface area contributed by atoms with Gasteiger partial charge in [0.1, 0.15) is 5.82 Å². The Balaban J connectivity index is 1.76. The normalized spacial score (nSPS) is 12.3. The number of hydrogen-bond acceptors (Lipinski definition) is 5. The van der Waals surface area contributed by atoms with Crippen molar-refractivity contribution in [1.29, 1.82) is 0 Å². The van der Waals surface area contributed by atoms with Gasteiger partial charge < -0.3 is 24.9 Å². The third-order valence-electron chi connectivity index (χ3n) is 4.21. The third kappa shape index (κ3) is 3.70. The largest absolute Gasteiger partial charge is 0.383 e. The van der Waals surface area contributed by atoms with Crippen LogP contribution >= 0.6 is 0 Å². The second kappa shape index (κ2) is 7.57. The molecular formula is C18H24N6O2. The summed E-state index contributed by atoms with van der Waals surface area (Å²) < 4.78 is 7.00. The van der Waals surface area contributed by atoms with E-state index in [9.17, 15) is 4.79 Å². The summed E-state index contributed by atoms with van der Waals surface area (Å²) >= 11 is 0. The number of methoxy groups -OCH3 is 1. The summed E-state index contributed by atoms with van der Waals surface area (Å²) in [6.45, 7) is 5.09. The predicted octanol–water partition coefficient (Wildman–Crippen LogP) is 2.15. The predicted molar refractivity (Wildman–Crippen MR) is 100 cm³/mol. The average Bonchev–Trinajstić information content (AvgIpc) is 3.19. The zero-order valence-electron chi connectivity index (χ0n) is 15.5. The van der Waals surface area contributed by atoms with E-state index in [2.05, 4.69) is 25.6 Å². The molecule has 2 aromatic heterocycles. The lowest BCUT2D eigenvalue weighted by molar-refractivity contribution is 0.0938. The monoisotopic (exact) mass is 356 g/mol. The summed E-state index contributed by atoms with van der Waals surface area (Å²) in [6, 6.07) is 5.30. The second-order valence-electron chi connectivity index (χ2n) is 6.26. The fourth-order valence-electron chi connectivity index (χ4n) is 2.77. The molecule has 1 amide bonds. The Labute approximate surface area is 152 Å². The molecular weight excluding hydrogens is 332 g/mol. The van der Waals surface area contributed by atoms with Crippen LogP contribution in [-0.2, 0) is 11.8 Å². The van der Waals surface area contributed by atoms with Crippen LogP contribution in [0.3, 0.4) is 0 Å². The zero-order valence-corrected chi connectivity index (χ0v) is 15.5. The van der Waals surface area contributed by atoms with Gasteiger partial charge in [-0.3, -0.25) is 4.79 Å². The summed E-state index contributed by atoms with van der Waals surface area (Å²) in [6.07, 6.45) is 1.75. The quantitative estimate of drug-likeness (QED) is 0.564. The van der Waals surface area contributed by atoms with E-state index in [4.69, 9.17) is 4.74 Å². The Morgan fingerprint density at radius 2 is 2.23 bits per heavy atom. The molecule has 1 aromatic carbocycles. The SMILES string of the molecule is COCCNc1nc2cc(C(=O)NC(C)c3ncc(C)[nH]3)ccc2n1C. The number of carbonyl (C=O) groups is 1. The first-order valence-electron chi connectivity index (χ1n) is 8.51. The Bertz CT molecular complexity index is 914. The topological polar surface area (TPSA) is 96.9 Å². The first kappa shape index (κ1) is 17.9. The first-order valence-corrected chi connectivity index (χ1v) is 8.51. The molecule has 0 fully saturated rings. The molecule has 3 aromatic rings. The molecule has 2 heterocycles. The summed E-state index contributed by atoms with van der Waals surface area (Å²) in [7, 11) is 3.60. The van der Waals surface area contributed by atoms with Gasteiger partial charge in [0.25, 0.3) is 5.91 Å². The van der Waals surface area contributed by atoms with E-state index in [1.165, 1.54) is 0 Å². The molecule has 0 aliphatic carbocycles. The van der Waals surface area contributed by atoms with Crippen LogP contribution in [0.5, 0.6) is 0 Å². The standard InChI is InChI=1S/C18H24N6O2/c1-11-10-20-16(21-11)12(2)22-17(25)13-5-6-15-14(9-13)23-18(24(15)3)19-7-8-26-4/h5-6,9-10,12H,7-8H2,1-4H3,(H,19,23)(H,20,21)(H,22,25). The minimum absolute atomic E-state index is 0.159. The van der Waals surface area contributed by atoms with Crippen LogP contribution in [0.2, 0.25) is 0 Å². The molecule has 0 radical (unpaired) electrons. The number of nitrogens with one attached hydrogen (secondary N) is 3. The summed E-state index contributed by atoms with van der Waals surface area (Å²) in [5.74, 6) is 1.32. The smallest absolute Gasteiger partial charge is 0.251 e. The molecule has 3 N–H and O–H groups in total. The number of nitrogens with zero attached hydrogens (tertiary/aromatic N) is 3. The maximum Gasteiger partial charge on any atom is 0.251 e. The molecule has 1 atom stereocenters.